The first-order valence-electron chi connectivity index (χ1n) is 4.85. The Hall–Kier alpha value is -0.520. The lowest BCUT2D eigenvalue weighted by Crippen LogP contribution is -2.12. The normalized spacial score (nSPS) is 18.6. The summed E-state index contributed by atoms with van der Waals surface area (Å²) < 4.78 is 0. The van der Waals surface area contributed by atoms with Gasteiger partial charge < -0.3 is 0 Å². The second-order valence-electron chi connectivity index (χ2n) is 4.55. The molecular formula is C12H20. The highest BCUT2D eigenvalue weighted by atomic mass is 14.3. The van der Waals surface area contributed by atoms with E-state index in [0.29, 0.717) is 5.41 Å². The molecule has 0 bridgehead atoms. The molecule has 1 aliphatic carbocycles. The van der Waals surface area contributed by atoms with Crippen LogP contribution in [0.15, 0.2) is 22.8 Å². The molecule has 0 fully saturated rings. The average Bonchev–Trinajstić information content (AvgIpc) is 2.33. The molecule has 0 N–H and O–H groups in total. The third-order valence-corrected chi connectivity index (χ3v) is 3.27. The maximum Gasteiger partial charge on any atom is -0.00969 e. The largest absolute Gasteiger partial charge is 0.0663 e. The average molecular weight is 164 g/mol. The third-order valence-electron chi connectivity index (χ3n) is 3.27. The molecule has 0 unspecified atom stereocenters. The number of hydrogen-bond donors (Lipinski definition) is 0. The van der Waals surface area contributed by atoms with Crippen molar-refractivity contribution in [3.8, 4) is 0 Å². The van der Waals surface area contributed by atoms with Crippen molar-refractivity contribution in [1.82, 2.24) is 0 Å². The molecule has 1 rings (SSSR count). The van der Waals surface area contributed by atoms with Crippen molar-refractivity contribution in [3.05, 3.63) is 22.8 Å². The molecule has 1 aliphatic rings. The van der Waals surface area contributed by atoms with E-state index in [4.69, 9.17) is 0 Å². The van der Waals surface area contributed by atoms with E-state index in [1.807, 2.05) is 0 Å². The van der Waals surface area contributed by atoms with Crippen LogP contribution >= 0.6 is 0 Å². The van der Waals surface area contributed by atoms with E-state index < -0.39 is 0 Å². The molecular weight excluding hydrogens is 144 g/mol. The Labute approximate surface area is 76.4 Å². The summed E-state index contributed by atoms with van der Waals surface area (Å²) in [4.78, 5) is 0. The van der Waals surface area contributed by atoms with Crippen molar-refractivity contribution < 1.29 is 0 Å². The van der Waals surface area contributed by atoms with Gasteiger partial charge in [-0.15, -0.1) is 0 Å². The molecule has 0 nitrogen and oxygen atoms in total. The van der Waals surface area contributed by atoms with Gasteiger partial charge in [0.2, 0.25) is 0 Å². The van der Waals surface area contributed by atoms with E-state index in [1.54, 1.807) is 11.1 Å². The van der Waals surface area contributed by atoms with Crippen LogP contribution in [0.4, 0.5) is 0 Å². The second kappa shape index (κ2) is 3.08. The molecule has 0 aromatic carbocycles. The summed E-state index contributed by atoms with van der Waals surface area (Å²) >= 11 is 0. The van der Waals surface area contributed by atoms with Gasteiger partial charge in [0, 0.05) is 0 Å². The van der Waals surface area contributed by atoms with Crippen LogP contribution in [-0.4, -0.2) is 0 Å². The Morgan fingerprint density at radius 3 is 2.25 bits per heavy atom. The molecule has 0 heterocycles. The Morgan fingerprint density at radius 1 is 1.33 bits per heavy atom. The quantitative estimate of drug-likeness (QED) is 0.576. The van der Waals surface area contributed by atoms with Crippen LogP contribution in [0.3, 0.4) is 0 Å². The summed E-state index contributed by atoms with van der Waals surface area (Å²) in [5.74, 6) is 0. The first-order chi connectivity index (χ1) is 5.47. The number of allylic oxidation sites excluding steroid dienone is 4. The molecule has 0 atom stereocenters. The van der Waals surface area contributed by atoms with E-state index in [2.05, 4.69) is 40.7 Å². The van der Waals surface area contributed by atoms with Gasteiger partial charge in [0.1, 0.15) is 0 Å². The molecule has 0 saturated heterocycles. The number of hydrogen-bond acceptors (Lipinski definition) is 0. The Morgan fingerprint density at radius 2 is 1.92 bits per heavy atom. The molecule has 0 radical (unpaired) electrons. The Kier molecular flexibility index (Phi) is 2.46. The van der Waals surface area contributed by atoms with Gasteiger partial charge in [0.15, 0.2) is 0 Å². The summed E-state index contributed by atoms with van der Waals surface area (Å²) in [5, 5.41) is 0. The molecule has 0 aromatic rings. The molecule has 68 valence electrons. The van der Waals surface area contributed by atoms with Gasteiger partial charge in [-0.3, -0.25) is 0 Å². The van der Waals surface area contributed by atoms with Crippen molar-refractivity contribution in [2.24, 2.45) is 5.41 Å². The van der Waals surface area contributed by atoms with Crippen molar-refractivity contribution in [1.29, 1.82) is 0 Å². The summed E-state index contributed by atoms with van der Waals surface area (Å²) in [6.45, 7) is 11.4. The highest BCUT2D eigenvalue weighted by Gasteiger charge is 2.24. The van der Waals surface area contributed by atoms with Gasteiger partial charge in [-0.1, -0.05) is 43.6 Å². The predicted octanol–water partition coefficient (Wildman–Crippen LogP) is 4.09. The minimum Gasteiger partial charge on any atom is -0.0663 e. The van der Waals surface area contributed by atoms with Crippen LogP contribution in [0, 0.1) is 5.41 Å². The zero-order chi connectivity index (χ0) is 9.35. The molecule has 0 amide bonds. The molecule has 0 aromatic heterocycles. The molecule has 0 heteroatoms. The third kappa shape index (κ3) is 1.63. The SMILES string of the molecule is CCC(C)(C)C1=CC(C)=C(C)C1. The fraction of sp³-hybridized carbons (Fsp3) is 0.667. The number of rotatable bonds is 2. The first-order valence-corrected chi connectivity index (χ1v) is 4.85. The molecule has 0 spiro atoms. The van der Waals surface area contributed by atoms with E-state index in [1.165, 1.54) is 18.4 Å². The smallest absolute Gasteiger partial charge is 0.00969 e. The van der Waals surface area contributed by atoms with Gasteiger partial charge >= 0.3 is 0 Å². The van der Waals surface area contributed by atoms with Gasteiger partial charge in [-0.05, 0) is 32.1 Å². The monoisotopic (exact) mass is 164 g/mol. The Balaban J connectivity index is 2.79. The van der Waals surface area contributed by atoms with E-state index in [-0.39, 0.29) is 0 Å². The van der Waals surface area contributed by atoms with Crippen LogP contribution < -0.4 is 0 Å². The van der Waals surface area contributed by atoms with Crippen molar-refractivity contribution in [2.75, 3.05) is 0 Å². The summed E-state index contributed by atoms with van der Waals surface area (Å²) in [7, 11) is 0. The van der Waals surface area contributed by atoms with Gasteiger partial charge in [-0.2, -0.15) is 0 Å². The fourth-order valence-electron chi connectivity index (χ4n) is 1.52. The van der Waals surface area contributed by atoms with Crippen molar-refractivity contribution in [3.63, 3.8) is 0 Å². The lowest BCUT2D eigenvalue weighted by molar-refractivity contribution is 0.422. The van der Waals surface area contributed by atoms with Crippen LogP contribution in [-0.2, 0) is 0 Å². The zero-order valence-electron chi connectivity index (χ0n) is 8.99. The molecule has 12 heavy (non-hydrogen) atoms. The lowest BCUT2D eigenvalue weighted by atomic mass is 9.80. The van der Waals surface area contributed by atoms with Crippen LogP contribution in [0.1, 0.15) is 47.5 Å². The summed E-state index contributed by atoms with van der Waals surface area (Å²) in [6, 6.07) is 0. The molecule has 0 saturated carbocycles. The van der Waals surface area contributed by atoms with E-state index >= 15 is 0 Å². The predicted molar refractivity (Wildman–Crippen MR) is 55.1 cm³/mol. The summed E-state index contributed by atoms with van der Waals surface area (Å²) in [6.07, 6.45) is 4.81. The van der Waals surface area contributed by atoms with Crippen LogP contribution in [0.25, 0.3) is 0 Å². The standard InChI is InChI=1S/C12H20/c1-6-12(4,5)11-7-9(2)10(3)8-11/h7H,6,8H2,1-5H3. The van der Waals surface area contributed by atoms with Gasteiger partial charge in [-0.25, -0.2) is 0 Å². The highest BCUT2D eigenvalue weighted by molar-refractivity contribution is 5.39. The maximum absolute atomic E-state index is 2.37. The topological polar surface area (TPSA) is 0 Å². The van der Waals surface area contributed by atoms with Crippen LogP contribution in [0.5, 0.6) is 0 Å². The minimum atomic E-state index is 0.402. The highest BCUT2D eigenvalue weighted by Crippen LogP contribution is 2.39. The minimum absolute atomic E-state index is 0.402. The fourth-order valence-corrected chi connectivity index (χ4v) is 1.52. The Bertz CT molecular complexity index is 239. The van der Waals surface area contributed by atoms with Crippen molar-refractivity contribution in [2.45, 2.75) is 47.5 Å². The second-order valence-corrected chi connectivity index (χ2v) is 4.55. The van der Waals surface area contributed by atoms with Gasteiger partial charge in [0.05, 0.1) is 0 Å². The van der Waals surface area contributed by atoms with E-state index in [0.717, 1.165) is 0 Å². The van der Waals surface area contributed by atoms with E-state index in [9.17, 15) is 0 Å². The zero-order valence-corrected chi connectivity index (χ0v) is 8.99. The summed E-state index contributed by atoms with van der Waals surface area (Å²) in [5.41, 5.74) is 5.04. The lowest BCUT2D eigenvalue weighted by Gasteiger charge is -2.24. The van der Waals surface area contributed by atoms with Crippen molar-refractivity contribution >= 4 is 0 Å². The van der Waals surface area contributed by atoms with Gasteiger partial charge in [0.25, 0.3) is 0 Å². The first kappa shape index (κ1) is 9.57. The molecule has 0 aliphatic heterocycles. The maximum atomic E-state index is 2.37. The van der Waals surface area contributed by atoms with Crippen LogP contribution in [0.2, 0.25) is 0 Å².